The molecule has 5 heteroatoms. The van der Waals surface area contributed by atoms with Gasteiger partial charge in [0.2, 0.25) is 0 Å². The van der Waals surface area contributed by atoms with Crippen LogP contribution in [0.4, 0.5) is 0 Å². The lowest BCUT2D eigenvalue weighted by atomic mass is 10.2. The lowest BCUT2D eigenvalue weighted by Gasteiger charge is -2.17. The van der Waals surface area contributed by atoms with E-state index in [0.717, 1.165) is 31.0 Å². The number of rotatable bonds is 7. The van der Waals surface area contributed by atoms with Crippen LogP contribution in [0.2, 0.25) is 0 Å². The first-order chi connectivity index (χ1) is 7.72. The van der Waals surface area contributed by atoms with Gasteiger partial charge < -0.3 is 4.74 Å². The van der Waals surface area contributed by atoms with Crippen LogP contribution in [-0.2, 0) is 11.3 Å². The van der Waals surface area contributed by atoms with E-state index in [9.17, 15) is 0 Å². The fraction of sp³-hybridized carbons (Fsp3) is 0.727. The van der Waals surface area contributed by atoms with Crippen molar-refractivity contribution < 1.29 is 4.74 Å². The van der Waals surface area contributed by atoms with E-state index in [2.05, 4.69) is 24.4 Å². The summed E-state index contributed by atoms with van der Waals surface area (Å²) in [6.07, 6.45) is 1.02. The first-order valence-electron chi connectivity index (χ1n) is 5.81. The SMILES string of the molecule is CCCOCC(NN)c1cc(C)nn1CC. The summed E-state index contributed by atoms with van der Waals surface area (Å²) in [6, 6.07) is 2.05. The molecule has 0 aliphatic rings. The Kier molecular flexibility index (Phi) is 5.45. The van der Waals surface area contributed by atoms with E-state index in [1.54, 1.807) is 0 Å². The van der Waals surface area contributed by atoms with Gasteiger partial charge in [0.15, 0.2) is 0 Å². The zero-order valence-electron chi connectivity index (χ0n) is 10.4. The van der Waals surface area contributed by atoms with Crippen LogP contribution in [0.15, 0.2) is 6.07 Å². The molecule has 0 radical (unpaired) electrons. The molecule has 0 aliphatic heterocycles. The largest absolute Gasteiger partial charge is 0.379 e. The van der Waals surface area contributed by atoms with Gasteiger partial charge in [0.1, 0.15) is 0 Å². The molecule has 3 N–H and O–H groups in total. The molecule has 0 aliphatic carbocycles. The minimum Gasteiger partial charge on any atom is -0.379 e. The van der Waals surface area contributed by atoms with Gasteiger partial charge in [-0.05, 0) is 26.3 Å². The highest BCUT2D eigenvalue weighted by Gasteiger charge is 2.15. The Hall–Kier alpha value is -0.910. The molecular formula is C11H22N4O. The summed E-state index contributed by atoms with van der Waals surface area (Å²) in [7, 11) is 0. The van der Waals surface area contributed by atoms with Gasteiger partial charge in [0, 0.05) is 13.2 Å². The third-order valence-corrected chi connectivity index (χ3v) is 2.42. The van der Waals surface area contributed by atoms with Crippen LogP contribution in [0.3, 0.4) is 0 Å². The highest BCUT2D eigenvalue weighted by atomic mass is 16.5. The van der Waals surface area contributed by atoms with Crippen LogP contribution in [0.25, 0.3) is 0 Å². The third kappa shape index (κ3) is 3.30. The zero-order valence-corrected chi connectivity index (χ0v) is 10.4. The molecule has 1 aromatic rings. The number of aryl methyl sites for hydroxylation is 2. The number of nitrogens with zero attached hydrogens (tertiary/aromatic N) is 2. The van der Waals surface area contributed by atoms with Crippen molar-refractivity contribution in [2.45, 2.75) is 39.8 Å². The van der Waals surface area contributed by atoms with Crippen molar-refractivity contribution in [2.75, 3.05) is 13.2 Å². The van der Waals surface area contributed by atoms with Crippen LogP contribution in [0, 0.1) is 6.92 Å². The Bertz CT molecular complexity index is 311. The molecule has 92 valence electrons. The fourth-order valence-corrected chi connectivity index (χ4v) is 1.66. The van der Waals surface area contributed by atoms with Gasteiger partial charge in [0.05, 0.1) is 24.0 Å². The first-order valence-corrected chi connectivity index (χ1v) is 5.81. The Morgan fingerprint density at radius 3 is 2.88 bits per heavy atom. The van der Waals surface area contributed by atoms with Gasteiger partial charge in [-0.15, -0.1) is 0 Å². The summed E-state index contributed by atoms with van der Waals surface area (Å²) in [6.45, 7) is 8.32. The van der Waals surface area contributed by atoms with Crippen LogP contribution in [0.5, 0.6) is 0 Å². The van der Waals surface area contributed by atoms with E-state index in [1.807, 2.05) is 17.7 Å². The second-order valence-corrected chi connectivity index (χ2v) is 3.82. The summed E-state index contributed by atoms with van der Waals surface area (Å²) >= 11 is 0. The molecule has 0 aromatic carbocycles. The van der Waals surface area contributed by atoms with Gasteiger partial charge in [-0.3, -0.25) is 10.5 Å². The molecule has 1 atom stereocenters. The fourth-order valence-electron chi connectivity index (χ4n) is 1.66. The van der Waals surface area contributed by atoms with E-state index >= 15 is 0 Å². The van der Waals surface area contributed by atoms with Gasteiger partial charge in [-0.25, -0.2) is 5.43 Å². The second-order valence-electron chi connectivity index (χ2n) is 3.82. The molecule has 1 unspecified atom stereocenters. The Morgan fingerprint density at radius 1 is 1.56 bits per heavy atom. The molecule has 0 amide bonds. The van der Waals surface area contributed by atoms with Crippen LogP contribution >= 0.6 is 0 Å². The zero-order chi connectivity index (χ0) is 12.0. The lowest BCUT2D eigenvalue weighted by Crippen LogP contribution is -2.33. The van der Waals surface area contributed by atoms with E-state index in [-0.39, 0.29) is 6.04 Å². The number of ether oxygens (including phenoxy) is 1. The number of aromatic nitrogens is 2. The van der Waals surface area contributed by atoms with Crippen LogP contribution in [0.1, 0.15) is 37.7 Å². The normalized spacial score (nSPS) is 13.0. The van der Waals surface area contributed by atoms with E-state index in [4.69, 9.17) is 10.6 Å². The van der Waals surface area contributed by atoms with E-state index in [0.29, 0.717) is 6.61 Å². The van der Waals surface area contributed by atoms with Crippen LogP contribution < -0.4 is 11.3 Å². The molecule has 1 aromatic heterocycles. The monoisotopic (exact) mass is 226 g/mol. The summed E-state index contributed by atoms with van der Waals surface area (Å²) in [5.41, 5.74) is 4.87. The minimum atomic E-state index is 0.00713. The van der Waals surface area contributed by atoms with Crippen molar-refractivity contribution in [3.05, 3.63) is 17.5 Å². The third-order valence-electron chi connectivity index (χ3n) is 2.42. The number of hydrazine groups is 1. The molecule has 0 fully saturated rings. The highest BCUT2D eigenvalue weighted by Crippen LogP contribution is 2.14. The average Bonchev–Trinajstić information content (AvgIpc) is 2.66. The molecule has 0 bridgehead atoms. The molecule has 0 spiro atoms. The minimum absolute atomic E-state index is 0.00713. The highest BCUT2D eigenvalue weighted by molar-refractivity contribution is 5.13. The maximum absolute atomic E-state index is 5.55. The molecule has 1 rings (SSSR count). The van der Waals surface area contributed by atoms with Crippen molar-refractivity contribution in [3.63, 3.8) is 0 Å². The van der Waals surface area contributed by atoms with Crippen LogP contribution in [-0.4, -0.2) is 23.0 Å². The van der Waals surface area contributed by atoms with Crippen molar-refractivity contribution in [2.24, 2.45) is 5.84 Å². The van der Waals surface area contributed by atoms with Crippen molar-refractivity contribution in [1.29, 1.82) is 0 Å². The smallest absolute Gasteiger partial charge is 0.0862 e. The summed E-state index contributed by atoms with van der Waals surface area (Å²) in [5.74, 6) is 5.55. The maximum atomic E-state index is 5.55. The molecule has 0 saturated heterocycles. The molecule has 5 nitrogen and oxygen atoms in total. The quantitative estimate of drug-likeness (QED) is 0.416. The van der Waals surface area contributed by atoms with Gasteiger partial charge in [-0.2, -0.15) is 5.10 Å². The molecule has 1 heterocycles. The number of hydrogen-bond donors (Lipinski definition) is 2. The number of nitrogens with one attached hydrogen (secondary N) is 1. The molecular weight excluding hydrogens is 204 g/mol. The van der Waals surface area contributed by atoms with E-state index < -0.39 is 0 Å². The van der Waals surface area contributed by atoms with Gasteiger partial charge in [0.25, 0.3) is 0 Å². The summed E-state index contributed by atoms with van der Waals surface area (Å²) in [4.78, 5) is 0. The Morgan fingerprint density at radius 2 is 2.31 bits per heavy atom. The lowest BCUT2D eigenvalue weighted by molar-refractivity contribution is 0.109. The maximum Gasteiger partial charge on any atom is 0.0862 e. The Labute approximate surface area is 96.9 Å². The number of nitrogens with two attached hydrogens (primary N) is 1. The van der Waals surface area contributed by atoms with E-state index in [1.165, 1.54) is 0 Å². The van der Waals surface area contributed by atoms with Gasteiger partial charge in [-0.1, -0.05) is 6.92 Å². The molecule has 0 saturated carbocycles. The average molecular weight is 226 g/mol. The van der Waals surface area contributed by atoms with Crippen molar-refractivity contribution in [1.82, 2.24) is 15.2 Å². The Balaban J connectivity index is 2.69. The first kappa shape index (κ1) is 13.2. The second kappa shape index (κ2) is 6.62. The number of hydrogen-bond acceptors (Lipinski definition) is 4. The van der Waals surface area contributed by atoms with Crippen molar-refractivity contribution >= 4 is 0 Å². The predicted octanol–water partition coefficient (Wildman–Crippen LogP) is 1.14. The summed E-state index contributed by atoms with van der Waals surface area (Å²) < 4.78 is 7.47. The van der Waals surface area contributed by atoms with Crippen molar-refractivity contribution in [3.8, 4) is 0 Å². The van der Waals surface area contributed by atoms with Gasteiger partial charge >= 0.3 is 0 Å². The molecule has 16 heavy (non-hydrogen) atoms. The predicted molar refractivity (Wildman–Crippen MR) is 63.8 cm³/mol. The summed E-state index contributed by atoms with van der Waals surface area (Å²) in [5, 5.41) is 4.39. The standard InChI is InChI=1S/C11H22N4O/c1-4-6-16-8-10(13-12)11-7-9(3)14-15(11)5-2/h7,10,13H,4-6,8,12H2,1-3H3. The topological polar surface area (TPSA) is 65.1 Å².